The molecule has 0 aromatic carbocycles. The predicted molar refractivity (Wildman–Crippen MR) is 30.4 cm³/mol. The minimum absolute atomic E-state index is 0.0324. The molecular formula is C4BN3O. The van der Waals surface area contributed by atoms with E-state index in [9.17, 15) is 0 Å². The van der Waals surface area contributed by atoms with Crippen LogP contribution in [0.5, 0.6) is 0 Å². The van der Waals surface area contributed by atoms with E-state index in [0.29, 0.717) is 0 Å². The van der Waals surface area contributed by atoms with Crippen molar-refractivity contribution in [2.24, 2.45) is 0 Å². The van der Waals surface area contributed by atoms with Crippen LogP contribution in [0.3, 0.4) is 0 Å². The number of nitrogens with zero attached hydrogens (tertiary/aromatic N) is 3. The molecule has 0 radical (unpaired) electrons. The first-order valence-corrected chi connectivity index (χ1v) is 2.07. The second-order valence-corrected chi connectivity index (χ2v) is 1.20. The van der Waals surface area contributed by atoms with Gasteiger partial charge in [-0.3, -0.25) is 0 Å². The Bertz CT molecular complexity index is 263. The molecular weight excluding hydrogens is 117 g/mol. The van der Waals surface area contributed by atoms with E-state index in [0.717, 1.165) is 7.27 Å². The van der Waals surface area contributed by atoms with Crippen molar-refractivity contribution in [1.82, 2.24) is 4.89 Å². The molecule has 0 aliphatic heterocycles. The standard InChI is InChI=1S/C4BN3O/c1-6-3-4(7-2)9-5-8-3. The van der Waals surface area contributed by atoms with Crippen LogP contribution in [0.2, 0.25) is 0 Å². The number of rotatable bonds is 0. The van der Waals surface area contributed by atoms with Crippen LogP contribution in [0.25, 0.3) is 9.69 Å². The Kier molecular flexibility index (Phi) is 1.29. The molecule has 0 aliphatic carbocycles. The Morgan fingerprint density at radius 2 is 2.22 bits per heavy atom. The van der Waals surface area contributed by atoms with Crippen molar-refractivity contribution in [3.8, 4) is 0 Å². The summed E-state index contributed by atoms with van der Waals surface area (Å²) in [6.07, 6.45) is 0. The molecule has 1 rings (SSSR count). The molecule has 0 atom stereocenters. The van der Waals surface area contributed by atoms with Gasteiger partial charge in [0.15, 0.2) is 0 Å². The fraction of sp³-hybridized carbons (Fsp3) is 0. The molecule has 0 amide bonds. The van der Waals surface area contributed by atoms with Gasteiger partial charge in [-0.25, -0.2) is 0 Å². The zero-order valence-electron chi connectivity index (χ0n) is 4.33. The van der Waals surface area contributed by atoms with Crippen molar-refractivity contribution in [2.75, 3.05) is 0 Å². The summed E-state index contributed by atoms with van der Waals surface area (Å²) in [4.78, 5) is 9.31. The van der Waals surface area contributed by atoms with E-state index in [1.807, 2.05) is 0 Å². The van der Waals surface area contributed by atoms with Gasteiger partial charge in [0.2, 0.25) is 0 Å². The molecule has 5 heteroatoms. The van der Waals surface area contributed by atoms with Crippen LogP contribution < -0.4 is 0 Å². The molecule has 1 aromatic rings. The third-order valence-corrected chi connectivity index (χ3v) is 0.738. The molecule has 9 heavy (non-hydrogen) atoms. The number of aromatic nitrogens is 1. The first-order chi connectivity index (χ1) is 4.38. The fourth-order valence-electron chi connectivity index (χ4n) is 0.387. The summed E-state index contributed by atoms with van der Waals surface area (Å²) in [6.45, 7) is 12.9. The van der Waals surface area contributed by atoms with Gasteiger partial charge in [-0.1, -0.05) is 0 Å². The summed E-state index contributed by atoms with van der Waals surface area (Å²) < 4.78 is 4.53. The maximum atomic E-state index is 6.46. The average Bonchev–Trinajstić information content (AvgIpc) is 2.33. The van der Waals surface area contributed by atoms with E-state index >= 15 is 0 Å². The van der Waals surface area contributed by atoms with Crippen molar-refractivity contribution in [3.63, 3.8) is 0 Å². The van der Waals surface area contributed by atoms with Crippen LogP contribution in [-0.4, -0.2) is 12.2 Å². The quantitative estimate of drug-likeness (QED) is 0.477. The van der Waals surface area contributed by atoms with Crippen LogP contribution >= 0.6 is 0 Å². The van der Waals surface area contributed by atoms with Crippen LogP contribution in [-0.2, 0) is 0 Å². The van der Waals surface area contributed by atoms with Crippen LogP contribution in [0, 0.1) is 13.1 Å². The number of hydrogen-bond acceptors (Lipinski definition) is 2. The first kappa shape index (κ1) is 5.52. The Balaban J connectivity index is 3.22. The molecule has 0 aliphatic rings. The maximum absolute atomic E-state index is 6.46. The fourth-order valence-corrected chi connectivity index (χ4v) is 0.387. The molecule has 0 unspecified atom stereocenters. The summed E-state index contributed by atoms with van der Waals surface area (Å²) in [5.41, 5.74) is 0. The first-order valence-electron chi connectivity index (χ1n) is 2.07. The number of hydrogen-bond donors (Lipinski definition) is 0. The summed E-state index contributed by atoms with van der Waals surface area (Å²) in [5.74, 6) is -0.00463. The van der Waals surface area contributed by atoms with Crippen molar-refractivity contribution >= 4 is 19.0 Å². The van der Waals surface area contributed by atoms with Gasteiger partial charge in [0.1, 0.15) is 0 Å². The molecule has 4 nitrogen and oxygen atoms in total. The Labute approximate surface area is 52.0 Å². The minimum atomic E-state index is -0.0370. The van der Waals surface area contributed by atoms with E-state index in [2.05, 4.69) is 18.9 Å². The zero-order valence-corrected chi connectivity index (χ0v) is 4.33. The van der Waals surface area contributed by atoms with Gasteiger partial charge in [0, 0.05) is 0 Å². The van der Waals surface area contributed by atoms with E-state index in [1.165, 1.54) is 0 Å². The monoisotopic (exact) mass is 117 g/mol. The molecule has 0 N–H and O–H groups in total. The summed E-state index contributed by atoms with van der Waals surface area (Å²) >= 11 is 0. The average molecular weight is 117 g/mol. The predicted octanol–water partition coefficient (Wildman–Crippen LogP) is 1.11. The van der Waals surface area contributed by atoms with Gasteiger partial charge < -0.3 is 0 Å². The molecule has 0 fully saturated rings. The van der Waals surface area contributed by atoms with Gasteiger partial charge in [-0.15, -0.1) is 0 Å². The Morgan fingerprint density at radius 3 is 2.67 bits per heavy atom. The molecule has 0 saturated heterocycles. The van der Waals surface area contributed by atoms with Gasteiger partial charge in [0.25, 0.3) is 0 Å². The molecule has 0 bridgehead atoms. The van der Waals surface area contributed by atoms with Crippen molar-refractivity contribution in [2.45, 2.75) is 0 Å². The van der Waals surface area contributed by atoms with E-state index in [1.54, 1.807) is 0 Å². The molecule has 40 valence electrons. The van der Waals surface area contributed by atoms with Crippen molar-refractivity contribution in [3.05, 3.63) is 22.8 Å². The normalized spacial score (nSPS) is 7.33. The third kappa shape index (κ3) is 0.800. The third-order valence-electron chi connectivity index (χ3n) is 0.738. The van der Waals surface area contributed by atoms with Gasteiger partial charge in [-0.2, -0.15) is 0 Å². The second kappa shape index (κ2) is 2.10. The summed E-state index contributed by atoms with van der Waals surface area (Å²) in [6, 6.07) is 0. The molecule has 0 saturated carbocycles. The van der Waals surface area contributed by atoms with E-state index in [4.69, 9.17) is 13.1 Å². The van der Waals surface area contributed by atoms with Gasteiger partial charge in [0.05, 0.1) is 0 Å². The van der Waals surface area contributed by atoms with Crippen LogP contribution in [0.4, 0.5) is 11.7 Å². The summed E-state index contributed by atoms with van der Waals surface area (Å²) in [7, 11) is 1.08. The molecule has 1 heterocycles. The van der Waals surface area contributed by atoms with Crippen molar-refractivity contribution < 1.29 is 4.33 Å². The van der Waals surface area contributed by atoms with Crippen molar-refractivity contribution in [1.29, 1.82) is 0 Å². The van der Waals surface area contributed by atoms with Gasteiger partial charge in [-0.05, 0) is 0 Å². The summed E-state index contributed by atoms with van der Waals surface area (Å²) in [5, 5.41) is 0. The molecule has 1 aromatic heterocycles. The van der Waals surface area contributed by atoms with Crippen LogP contribution in [0.1, 0.15) is 0 Å². The zero-order chi connectivity index (χ0) is 6.69. The Hall–Kier alpha value is -1.62. The Morgan fingerprint density at radius 1 is 1.44 bits per heavy atom. The molecule has 0 spiro atoms. The van der Waals surface area contributed by atoms with E-state index < -0.39 is 0 Å². The van der Waals surface area contributed by atoms with E-state index in [-0.39, 0.29) is 11.7 Å². The SMILES string of the molecule is [C-]#[N+]c1nboc1[N+]#[C-]. The topological polar surface area (TPSA) is 34.8 Å². The van der Waals surface area contributed by atoms with Gasteiger partial charge >= 0.3 is 51.0 Å². The second-order valence-electron chi connectivity index (χ2n) is 1.20. The van der Waals surface area contributed by atoms with Crippen LogP contribution in [0.15, 0.2) is 4.33 Å².